The summed E-state index contributed by atoms with van der Waals surface area (Å²) in [6.07, 6.45) is 1.80. The Morgan fingerprint density at radius 2 is 1.85 bits per heavy atom. The third kappa shape index (κ3) is 3.10. The molecule has 1 aliphatic rings. The monoisotopic (exact) mass is 367 g/mol. The highest BCUT2D eigenvalue weighted by molar-refractivity contribution is 6.01. The van der Waals surface area contributed by atoms with Crippen LogP contribution in [0.3, 0.4) is 0 Å². The quantitative estimate of drug-likeness (QED) is 0.649. The number of hydrogen-bond acceptors (Lipinski definition) is 5. The largest absolute Gasteiger partial charge is 0.504 e. The van der Waals surface area contributed by atoms with Gasteiger partial charge in [0, 0.05) is 22.4 Å². The maximum atomic E-state index is 14.4. The molecular weight excluding hydrogens is 345 g/mol. The molecule has 1 saturated carbocycles. The first-order chi connectivity index (χ1) is 12.9. The number of hydrogen-bond donors (Lipinski definition) is 3. The first-order valence-corrected chi connectivity index (χ1v) is 9.14. The first-order valence-electron chi connectivity index (χ1n) is 9.14. The van der Waals surface area contributed by atoms with Gasteiger partial charge in [-0.2, -0.15) is 0 Å². The molecule has 140 valence electrons. The Hall–Kier alpha value is -2.73. The summed E-state index contributed by atoms with van der Waals surface area (Å²) in [6.45, 7) is 3.65. The summed E-state index contributed by atoms with van der Waals surface area (Å²) >= 11 is 0. The zero-order valence-electron chi connectivity index (χ0n) is 15.3. The van der Waals surface area contributed by atoms with E-state index in [1.807, 2.05) is 38.1 Å². The average molecular weight is 367 g/mol. The van der Waals surface area contributed by atoms with Crippen LogP contribution < -0.4 is 5.32 Å². The number of aliphatic hydroxyl groups is 1. The summed E-state index contributed by atoms with van der Waals surface area (Å²) in [7, 11) is 0. The van der Waals surface area contributed by atoms with Crippen molar-refractivity contribution in [3.05, 3.63) is 47.8 Å². The van der Waals surface area contributed by atoms with Crippen LogP contribution in [0.25, 0.3) is 22.0 Å². The van der Waals surface area contributed by atoms with E-state index in [2.05, 4.69) is 15.5 Å². The molecule has 1 aliphatic carbocycles. The first kappa shape index (κ1) is 17.7. The molecule has 4 rings (SSSR count). The molecule has 5 nitrogen and oxygen atoms in total. The number of aromatic hydroxyl groups is 1. The van der Waals surface area contributed by atoms with Crippen LogP contribution >= 0.6 is 0 Å². The fourth-order valence-corrected chi connectivity index (χ4v) is 3.78. The molecule has 3 N–H and O–H groups in total. The van der Waals surface area contributed by atoms with Crippen LogP contribution in [-0.4, -0.2) is 32.1 Å². The summed E-state index contributed by atoms with van der Waals surface area (Å²) < 4.78 is 14.4. The van der Waals surface area contributed by atoms with E-state index in [-0.39, 0.29) is 6.04 Å². The lowest BCUT2D eigenvalue weighted by Crippen LogP contribution is -2.48. The number of benzene rings is 2. The molecular formula is C21H22FN3O2. The molecule has 0 spiro atoms. The summed E-state index contributed by atoms with van der Waals surface area (Å²) in [5.41, 5.74) is 0.594. The average Bonchev–Trinajstić information content (AvgIpc) is 2.63. The summed E-state index contributed by atoms with van der Waals surface area (Å²) in [5, 5.41) is 33.8. The molecule has 0 bridgehead atoms. The fourth-order valence-electron chi connectivity index (χ4n) is 3.78. The van der Waals surface area contributed by atoms with Gasteiger partial charge in [-0.3, -0.25) is 0 Å². The van der Waals surface area contributed by atoms with Crippen LogP contribution in [0, 0.1) is 5.82 Å². The molecule has 0 unspecified atom stereocenters. The predicted octanol–water partition coefficient (Wildman–Crippen LogP) is 4.03. The number of nitrogens with one attached hydrogen (secondary N) is 1. The lowest BCUT2D eigenvalue weighted by molar-refractivity contribution is -0.0235. The lowest BCUT2D eigenvalue weighted by Gasteiger charge is -2.41. The molecule has 0 amide bonds. The molecule has 6 heteroatoms. The molecule has 0 atom stereocenters. The number of phenols is 1. The van der Waals surface area contributed by atoms with E-state index < -0.39 is 17.2 Å². The number of anilines is 1. The molecule has 3 aromatic rings. The van der Waals surface area contributed by atoms with Gasteiger partial charge in [0.2, 0.25) is 0 Å². The highest BCUT2D eigenvalue weighted by Crippen LogP contribution is 2.38. The SMILES string of the molecule is CCc1ccc(-c2nnc(NC3CC(C)(O)C3)c3ccccc23)c(O)c1F. The maximum absolute atomic E-state index is 14.4. The van der Waals surface area contributed by atoms with Crippen LogP contribution in [0.5, 0.6) is 5.75 Å². The van der Waals surface area contributed by atoms with E-state index in [9.17, 15) is 14.6 Å². The molecule has 27 heavy (non-hydrogen) atoms. The van der Waals surface area contributed by atoms with Crippen molar-refractivity contribution < 1.29 is 14.6 Å². The van der Waals surface area contributed by atoms with Crippen LogP contribution in [0.4, 0.5) is 10.2 Å². The van der Waals surface area contributed by atoms with E-state index in [1.165, 1.54) is 0 Å². The van der Waals surface area contributed by atoms with Gasteiger partial charge in [0.05, 0.1) is 5.60 Å². The van der Waals surface area contributed by atoms with Crippen LogP contribution in [0.2, 0.25) is 0 Å². The molecule has 2 aromatic carbocycles. The Labute approximate surface area is 156 Å². The van der Waals surface area contributed by atoms with Crippen molar-refractivity contribution in [2.75, 3.05) is 5.32 Å². The molecule has 0 aliphatic heterocycles. The number of nitrogens with zero attached hydrogens (tertiary/aromatic N) is 2. The van der Waals surface area contributed by atoms with Crippen LogP contribution in [-0.2, 0) is 6.42 Å². The third-order valence-electron chi connectivity index (χ3n) is 5.23. The zero-order valence-corrected chi connectivity index (χ0v) is 15.3. The normalized spacial score (nSPS) is 21.9. The lowest BCUT2D eigenvalue weighted by atomic mass is 9.77. The minimum atomic E-state index is -0.634. The molecule has 1 heterocycles. The fraction of sp³-hybridized carbons (Fsp3) is 0.333. The van der Waals surface area contributed by atoms with Gasteiger partial charge >= 0.3 is 0 Å². The van der Waals surface area contributed by atoms with Crippen molar-refractivity contribution in [1.82, 2.24) is 10.2 Å². The van der Waals surface area contributed by atoms with E-state index in [0.29, 0.717) is 41.9 Å². The van der Waals surface area contributed by atoms with Crippen molar-refractivity contribution in [1.29, 1.82) is 0 Å². The van der Waals surface area contributed by atoms with Gasteiger partial charge in [0.1, 0.15) is 5.69 Å². The van der Waals surface area contributed by atoms with Gasteiger partial charge in [0.15, 0.2) is 17.4 Å². The zero-order chi connectivity index (χ0) is 19.2. The summed E-state index contributed by atoms with van der Waals surface area (Å²) in [6, 6.07) is 11.1. The maximum Gasteiger partial charge on any atom is 0.168 e. The number of phenolic OH excluding ortho intramolecular Hbond substituents is 1. The van der Waals surface area contributed by atoms with Gasteiger partial charge in [-0.1, -0.05) is 37.3 Å². The molecule has 0 saturated heterocycles. The second-order valence-electron chi connectivity index (χ2n) is 7.48. The smallest absolute Gasteiger partial charge is 0.168 e. The number of halogens is 1. The minimum absolute atomic E-state index is 0.137. The van der Waals surface area contributed by atoms with Crippen molar-refractivity contribution in [2.24, 2.45) is 0 Å². The number of aromatic nitrogens is 2. The highest BCUT2D eigenvalue weighted by Gasteiger charge is 2.38. The number of aryl methyl sites for hydroxylation is 1. The minimum Gasteiger partial charge on any atom is -0.504 e. The molecule has 0 radical (unpaired) electrons. The Morgan fingerprint density at radius 3 is 2.52 bits per heavy atom. The second-order valence-corrected chi connectivity index (χ2v) is 7.48. The third-order valence-corrected chi connectivity index (χ3v) is 5.23. The van der Waals surface area contributed by atoms with Crippen molar-refractivity contribution >= 4 is 16.6 Å². The highest BCUT2D eigenvalue weighted by atomic mass is 19.1. The van der Waals surface area contributed by atoms with Crippen molar-refractivity contribution in [3.8, 4) is 17.0 Å². The van der Waals surface area contributed by atoms with Crippen LogP contribution in [0.1, 0.15) is 32.3 Å². The van der Waals surface area contributed by atoms with Crippen molar-refractivity contribution in [2.45, 2.75) is 44.8 Å². The number of rotatable bonds is 4. The van der Waals surface area contributed by atoms with Gasteiger partial charge in [-0.15, -0.1) is 10.2 Å². The predicted molar refractivity (Wildman–Crippen MR) is 103 cm³/mol. The summed E-state index contributed by atoms with van der Waals surface area (Å²) in [5.74, 6) is -0.385. The summed E-state index contributed by atoms with van der Waals surface area (Å²) in [4.78, 5) is 0. The van der Waals surface area contributed by atoms with Gasteiger partial charge in [0.25, 0.3) is 0 Å². The van der Waals surface area contributed by atoms with Gasteiger partial charge < -0.3 is 15.5 Å². The van der Waals surface area contributed by atoms with Crippen molar-refractivity contribution in [3.63, 3.8) is 0 Å². The van der Waals surface area contributed by atoms with Gasteiger partial charge in [-0.25, -0.2) is 4.39 Å². The second kappa shape index (κ2) is 6.46. The Kier molecular flexibility index (Phi) is 4.23. The topological polar surface area (TPSA) is 78.3 Å². The standard InChI is InChI=1S/C21H22FN3O2/c1-3-12-8-9-16(19(26)17(12)22)18-14-6-4-5-7-15(14)20(25-24-18)23-13-10-21(2,27)11-13/h4-9,13,26-27H,3,10-11H2,1-2H3,(H,23,25). The Balaban J connectivity index is 1.78. The molecule has 1 aromatic heterocycles. The number of fused-ring (bicyclic) bond motifs is 1. The Bertz CT molecular complexity index is 1010. The van der Waals surface area contributed by atoms with E-state index >= 15 is 0 Å². The van der Waals surface area contributed by atoms with E-state index in [1.54, 1.807) is 12.1 Å². The molecule has 1 fully saturated rings. The Morgan fingerprint density at radius 1 is 1.15 bits per heavy atom. The van der Waals surface area contributed by atoms with E-state index in [4.69, 9.17) is 0 Å². The van der Waals surface area contributed by atoms with Gasteiger partial charge in [-0.05, 0) is 37.8 Å². The van der Waals surface area contributed by atoms with E-state index in [0.717, 1.165) is 10.8 Å². The van der Waals surface area contributed by atoms with Crippen LogP contribution in [0.15, 0.2) is 36.4 Å².